The van der Waals surface area contributed by atoms with Crippen molar-refractivity contribution >= 4 is 27.5 Å². The smallest absolute Gasteiger partial charge is 0.251 e. The van der Waals surface area contributed by atoms with Crippen molar-refractivity contribution in [2.24, 2.45) is 0 Å². The zero-order valence-electron chi connectivity index (χ0n) is 12.0. The lowest BCUT2D eigenvalue weighted by atomic mass is 10.1. The number of hydrogen-bond donors (Lipinski definition) is 2. The van der Waals surface area contributed by atoms with E-state index in [2.05, 4.69) is 38.7 Å². The first kappa shape index (κ1) is 15.6. The Hall–Kier alpha value is -1.81. The second-order valence-electron chi connectivity index (χ2n) is 4.82. The molecule has 0 unspecified atom stereocenters. The molecule has 1 amide bonds. The Balaban J connectivity index is 1.99. The minimum Gasteiger partial charge on any atom is -0.381 e. The molecule has 21 heavy (non-hydrogen) atoms. The topological polar surface area (TPSA) is 41.1 Å². The van der Waals surface area contributed by atoms with E-state index in [0.29, 0.717) is 12.1 Å². The number of rotatable bonds is 6. The zero-order chi connectivity index (χ0) is 15.1. The SMILES string of the molecule is CCCNC(=O)c1cccc(NCc2cccc(Br)c2)c1. The molecule has 2 N–H and O–H groups in total. The Kier molecular flexibility index (Phi) is 5.81. The summed E-state index contributed by atoms with van der Waals surface area (Å²) in [6.45, 7) is 3.46. The third kappa shape index (κ3) is 4.90. The molecule has 0 radical (unpaired) electrons. The molecule has 3 nitrogen and oxygen atoms in total. The van der Waals surface area contributed by atoms with Crippen molar-refractivity contribution in [3.05, 3.63) is 64.1 Å². The van der Waals surface area contributed by atoms with Crippen LogP contribution in [0.2, 0.25) is 0 Å². The standard InChI is InChI=1S/C17H19BrN2O/c1-2-9-19-17(21)14-6-4-8-16(11-14)20-12-13-5-3-7-15(18)10-13/h3-8,10-11,20H,2,9,12H2,1H3,(H,19,21). The second-order valence-corrected chi connectivity index (χ2v) is 5.74. The molecular formula is C17H19BrN2O. The van der Waals surface area contributed by atoms with E-state index in [9.17, 15) is 4.79 Å². The van der Waals surface area contributed by atoms with Crippen LogP contribution in [0.15, 0.2) is 53.0 Å². The van der Waals surface area contributed by atoms with Crippen molar-refractivity contribution in [2.75, 3.05) is 11.9 Å². The zero-order valence-corrected chi connectivity index (χ0v) is 13.6. The number of hydrogen-bond acceptors (Lipinski definition) is 2. The molecule has 110 valence electrons. The number of benzene rings is 2. The minimum atomic E-state index is -0.0250. The van der Waals surface area contributed by atoms with Crippen LogP contribution in [0.4, 0.5) is 5.69 Å². The first-order chi connectivity index (χ1) is 10.2. The van der Waals surface area contributed by atoms with Gasteiger partial charge in [-0.2, -0.15) is 0 Å². The van der Waals surface area contributed by atoms with Crippen LogP contribution in [0.3, 0.4) is 0 Å². The monoisotopic (exact) mass is 346 g/mol. The molecule has 0 atom stereocenters. The summed E-state index contributed by atoms with van der Waals surface area (Å²) in [6.07, 6.45) is 0.937. The Morgan fingerprint density at radius 3 is 2.71 bits per heavy atom. The third-order valence-corrected chi connectivity index (χ3v) is 3.54. The van der Waals surface area contributed by atoms with Crippen LogP contribution in [-0.2, 0) is 6.54 Å². The number of anilines is 1. The fraction of sp³-hybridized carbons (Fsp3) is 0.235. The molecule has 0 saturated heterocycles. The van der Waals surface area contributed by atoms with E-state index in [4.69, 9.17) is 0 Å². The Labute approximate surface area is 133 Å². The molecule has 0 bridgehead atoms. The maximum Gasteiger partial charge on any atom is 0.251 e. The molecule has 0 aromatic heterocycles. The normalized spacial score (nSPS) is 10.2. The van der Waals surface area contributed by atoms with Gasteiger partial charge in [0.25, 0.3) is 5.91 Å². The molecule has 0 aliphatic heterocycles. The van der Waals surface area contributed by atoms with E-state index in [1.165, 1.54) is 5.56 Å². The summed E-state index contributed by atoms with van der Waals surface area (Å²) >= 11 is 3.46. The summed E-state index contributed by atoms with van der Waals surface area (Å²) in [4.78, 5) is 11.9. The van der Waals surface area contributed by atoms with Crippen LogP contribution in [0.5, 0.6) is 0 Å². The number of amides is 1. The maximum absolute atomic E-state index is 11.9. The summed E-state index contributed by atoms with van der Waals surface area (Å²) < 4.78 is 1.06. The molecule has 2 aromatic rings. The lowest BCUT2D eigenvalue weighted by Crippen LogP contribution is -2.23. The highest BCUT2D eigenvalue weighted by molar-refractivity contribution is 9.10. The van der Waals surface area contributed by atoms with Gasteiger partial charge in [0, 0.05) is 28.8 Å². The quantitative estimate of drug-likeness (QED) is 0.822. The van der Waals surface area contributed by atoms with Crippen LogP contribution in [0.1, 0.15) is 29.3 Å². The van der Waals surface area contributed by atoms with Gasteiger partial charge in [0.1, 0.15) is 0 Å². The minimum absolute atomic E-state index is 0.0250. The van der Waals surface area contributed by atoms with Gasteiger partial charge in [-0.3, -0.25) is 4.79 Å². The van der Waals surface area contributed by atoms with E-state index >= 15 is 0 Å². The molecule has 0 aliphatic rings. The van der Waals surface area contributed by atoms with Crippen LogP contribution < -0.4 is 10.6 Å². The van der Waals surface area contributed by atoms with Crippen molar-refractivity contribution in [1.82, 2.24) is 5.32 Å². The molecular weight excluding hydrogens is 328 g/mol. The lowest BCUT2D eigenvalue weighted by molar-refractivity contribution is 0.0953. The first-order valence-electron chi connectivity index (χ1n) is 7.05. The van der Waals surface area contributed by atoms with Crippen LogP contribution >= 0.6 is 15.9 Å². The van der Waals surface area contributed by atoms with Crippen LogP contribution in [0, 0.1) is 0 Å². The van der Waals surface area contributed by atoms with Crippen molar-refractivity contribution in [3.63, 3.8) is 0 Å². The van der Waals surface area contributed by atoms with E-state index in [0.717, 1.165) is 23.1 Å². The van der Waals surface area contributed by atoms with Gasteiger partial charge in [-0.25, -0.2) is 0 Å². The Morgan fingerprint density at radius 1 is 1.14 bits per heavy atom. The number of carbonyl (C=O) groups excluding carboxylic acids is 1. The van der Waals surface area contributed by atoms with Gasteiger partial charge in [-0.05, 0) is 42.3 Å². The highest BCUT2D eigenvalue weighted by atomic mass is 79.9. The van der Waals surface area contributed by atoms with E-state index in [1.807, 2.05) is 43.3 Å². The van der Waals surface area contributed by atoms with Gasteiger partial charge in [0.15, 0.2) is 0 Å². The van der Waals surface area contributed by atoms with Gasteiger partial charge in [-0.1, -0.05) is 41.1 Å². The van der Waals surface area contributed by atoms with Crippen LogP contribution in [-0.4, -0.2) is 12.5 Å². The molecule has 2 rings (SSSR count). The van der Waals surface area contributed by atoms with Crippen molar-refractivity contribution in [2.45, 2.75) is 19.9 Å². The average Bonchev–Trinajstić information content (AvgIpc) is 2.51. The fourth-order valence-electron chi connectivity index (χ4n) is 1.96. The summed E-state index contributed by atoms with van der Waals surface area (Å²) in [5, 5.41) is 6.22. The van der Waals surface area contributed by atoms with Gasteiger partial charge in [-0.15, -0.1) is 0 Å². The van der Waals surface area contributed by atoms with Gasteiger partial charge < -0.3 is 10.6 Å². The Morgan fingerprint density at radius 2 is 1.95 bits per heavy atom. The van der Waals surface area contributed by atoms with Crippen molar-refractivity contribution in [3.8, 4) is 0 Å². The molecule has 2 aromatic carbocycles. The predicted molar refractivity (Wildman–Crippen MR) is 90.5 cm³/mol. The number of nitrogens with one attached hydrogen (secondary N) is 2. The van der Waals surface area contributed by atoms with Crippen molar-refractivity contribution in [1.29, 1.82) is 0 Å². The third-order valence-electron chi connectivity index (χ3n) is 3.05. The van der Waals surface area contributed by atoms with Crippen LogP contribution in [0.25, 0.3) is 0 Å². The lowest BCUT2D eigenvalue weighted by Gasteiger charge is -2.09. The first-order valence-corrected chi connectivity index (χ1v) is 7.85. The maximum atomic E-state index is 11.9. The average molecular weight is 347 g/mol. The van der Waals surface area contributed by atoms with E-state index in [1.54, 1.807) is 0 Å². The summed E-state index contributed by atoms with van der Waals surface area (Å²) in [7, 11) is 0. The molecule has 4 heteroatoms. The summed E-state index contributed by atoms with van der Waals surface area (Å²) in [5.74, 6) is -0.0250. The van der Waals surface area contributed by atoms with Gasteiger partial charge >= 0.3 is 0 Å². The van der Waals surface area contributed by atoms with Crippen molar-refractivity contribution < 1.29 is 4.79 Å². The van der Waals surface area contributed by atoms with E-state index < -0.39 is 0 Å². The molecule has 0 saturated carbocycles. The summed E-state index contributed by atoms with van der Waals surface area (Å²) in [6, 6.07) is 15.7. The number of halogens is 1. The fourth-order valence-corrected chi connectivity index (χ4v) is 2.41. The summed E-state index contributed by atoms with van der Waals surface area (Å²) in [5.41, 5.74) is 2.81. The number of carbonyl (C=O) groups is 1. The Bertz CT molecular complexity index is 613. The molecule has 0 heterocycles. The largest absolute Gasteiger partial charge is 0.381 e. The highest BCUT2D eigenvalue weighted by Gasteiger charge is 2.05. The molecule has 0 aliphatic carbocycles. The van der Waals surface area contributed by atoms with Gasteiger partial charge in [0.2, 0.25) is 0 Å². The highest BCUT2D eigenvalue weighted by Crippen LogP contribution is 2.15. The predicted octanol–water partition coefficient (Wildman–Crippen LogP) is 4.20. The second kappa shape index (κ2) is 7.84. The van der Waals surface area contributed by atoms with E-state index in [-0.39, 0.29) is 5.91 Å². The van der Waals surface area contributed by atoms with Gasteiger partial charge in [0.05, 0.1) is 0 Å². The molecule has 0 fully saturated rings. The molecule has 0 spiro atoms.